The first-order chi connectivity index (χ1) is 30.6. The Kier molecular flexibility index (Phi) is 44.3. The molecule has 368 valence electrons. The van der Waals surface area contributed by atoms with Gasteiger partial charge in [0.25, 0.3) is 0 Å². The first kappa shape index (κ1) is 60.5. The number of allylic oxidation sites excluding steroid dienone is 6. The van der Waals surface area contributed by atoms with Gasteiger partial charge in [-0.2, -0.15) is 0 Å². The first-order valence-electron chi connectivity index (χ1n) is 26.5. The van der Waals surface area contributed by atoms with E-state index in [2.05, 4.69) is 50.3 Å². The van der Waals surface area contributed by atoms with Gasteiger partial charge in [0.15, 0.2) is 12.1 Å². The van der Waals surface area contributed by atoms with Crippen molar-refractivity contribution in [1.82, 2.24) is 0 Å². The van der Waals surface area contributed by atoms with E-state index < -0.39 is 18.1 Å². The summed E-state index contributed by atoms with van der Waals surface area (Å²) in [6.45, 7) is 4.66. The number of quaternary nitrogens is 1. The van der Waals surface area contributed by atoms with Crippen LogP contribution >= 0.6 is 0 Å². The largest absolute Gasteiger partial charge is 0.477 e. The Hall–Kier alpha value is -2.45. The monoisotopic (exact) mass is 889 g/mol. The lowest BCUT2D eigenvalue weighted by Crippen LogP contribution is -2.50. The third-order valence-electron chi connectivity index (χ3n) is 12.1. The third kappa shape index (κ3) is 44.5. The van der Waals surface area contributed by atoms with Crippen LogP contribution in [0, 0.1) is 0 Å². The number of esters is 2. The van der Waals surface area contributed by atoms with Gasteiger partial charge in [0.2, 0.25) is 0 Å². The molecule has 0 aromatic heterocycles. The number of hydrogen-bond donors (Lipinski definition) is 1. The van der Waals surface area contributed by atoms with Gasteiger partial charge in [-0.05, 0) is 44.9 Å². The lowest BCUT2D eigenvalue weighted by molar-refractivity contribution is -0.887. The molecule has 2 atom stereocenters. The number of hydrogen-bond acceptors (Lipinski definition) is 6. The van der Waals surface area contributed by atoms with Crippen molar-refractivity contribution in [2.45, 2.75) is 257 Å². The number of ether oxygens (including phenoxy) is 3. The van der Waals surface area contributed by atoms with Crippen molar-refractivity contribution in [3.05, 3.63) is 36.5 Å². The van der Waals surface area contributed by atoms with E-state index in [1.807, 2.05) is 21.1 Å². The first-order valence-corrected chi connectivity index (χ1v) is 26.5. The molecule has 63 heavy (non-hydrogen) atoms. The molecule has 0 aromatic rings. The summed E-state index contributed by atoms with van der Waals surface area (Å²) < 4.78 is 17.4. The zero-order valence-corrected chi connectivity index (χ0v) is 42.0. The molecule has 8 nitrogen and oxygen atoms in total. The van der Waals surface area contributed by atoms with Crippen molar-refractivity contribution in [1.29, 1.82) is 0 Å². The van der Waals surface area contributed by atoms with Gasteiger partial charge in [-0.3, -0.25) is 9.59 Å². The molecule has 0 amide bonds. The quantitative estimate of drug-likeness (QED) is 0.0281. The molecular formula is C55H102NO7+. The maximum Gasteiger partial charge on any atom is 0.362 e. The standard InChI is InChI=1S/C55H101NO7/c1-6-8-10-12-14-16-18-20-22-24-26-28-30-32-34-36-38-40-42-44-46-54(58)63-51(49-61-48-47-52(55(59)60)56(3,4)5)50-62-53(57)45-43-41-39-37-35-33-31-29-27-25-23-21-19-17-15-13-11-9-7-2/h9,11,15,17,21,23,51-52H,6-8,10,12-14,16,18-20,22,24-50H2,1-5H3/p+1/b11-9+,17-15+,23-21+. The number of aliphatic carboxylic acids is 1. The predicted molar refractivity (Wildman–Crippen MR) is 266 cm³/mol. The number of rotatable bonds is 48. The number of carbonyl (C=O) groups excluding carboxylic acids is 2. The molecule has 0 heterocycles. The van der Waals surface area contributed by atoms with E-state index in [0.29, 0.717) is 19.3 Å². The summed E-state index contributed by atoms with van der Waals surface area (Å²) in [6.07, 6.45) is 54.8. The number of unbranched alkanes of at least 4 members (excludes halogenated alkanes) is 28. The molecule has 0 aromatic carbocycles. The van der Waals surface area contributed by atoms with Crippen LogP contribution in [-0.4, -0.2) is 80.6 Å². The molecule has 0 saturated heterocycles. The van der Waals surface area contributed by atoms with Crippen LogP contribution in [0.1, 0.15) is 245 Å². The average Bonchev–Trinajstić information content (AvgIpc) is 3.24. The normalized spacial score (nSPS) is 13.1. The highest BCUT2D eigenvalue weighted by atomic mass is 16.6. The fraction of sp³-hybridized carbons (Fsp3) is 0.836. The van der Waals surface area contributed by atoms with Crippen molar-refractivity contribution in [3.63, 3.8) is 0 Å². The smallest absolute Gasteiger partial charge is 0.362 e. The molecule has 0 bridgehead atoms. The highest BCUT2D eigenvalue weighted by molar-refractivity contribution is 5.72. The summed E-state index contributed by atoms with van der Waals surface area (Å²) in [5.74, 6) is -1.46. The van der Waals surface area contributed by atoms with Gasteiger partial charge < -0.3 is 23.8 Å². The van der Waals surface area contributed by atoms with Gasteiger partial charge in [0.05, 0.1) is 34.4 Å². The second-order valence-electron chi connectivity index (χ2n) is 19.1. The lowest BCUT2D eigenvalue weighted by Gasteiger charge is -2.31. The van der Waals surface area contributed by atoms with Crippen LogP contribution in [0.15, 0.2) is 36.5 Å². The Labute approximate surface area is 389 Å². The van der Waals surface area contributed by atoms with Crippen LogP contribution in [0.3, 0.4) is 0 Å². The van der Waals surface area contributed by atoms with E-state index in [1.54, 1.807) is 0 Å². The topological polar surface area (TPSA) is 99.1 Å². The average molecular weight is 889 g/mol. The van der Waals surface area contributed by atoms with Crippen molar-refractivity contribution < 1.29 is 38.2 Å². The Morgan fingerprint density at radius 1 is 0.492 bits per heavy atom. The van der Waals surface area contributed by atoms with Gasteiger partial charge in [-0.15, -0.1) is 0 Å². The molecule has 0 fully saturated rings. The van der Waals surface area contributed by atoms with Gasteiger partial charge in [0.1, 0.15) is 6.61 Å². The maximum absolute atomic E-state index is 12.8. The highest BCUT2D eigenvalue weighted by Gasteiger charge is 2.31. The summed E-state index contributed by atoms with van der Waals surface area (Å²) in [5.41, 5.74) is 0. The molecular weight excluding hydrogens is 787 g/mol. The summed E-state index contributed by atoms with van der Waals surface area (Å²) in [4.78, 5) is 37.2. The van der Waals surface area contributed by atoms with E-state index in [0.717, 1.165) is 57.8 Å². The second-order valence-corrected chi connectivity index (χ2v) is 19.1. The van der Waals surface area contributed by atoms with Crippen LogP contribution in [0.4, 0.5) is 0 Å². The number of nitrogens with zero attached hydrogens (tertiary/aromatic N) is 1. The second kappa shape index (κ2) is 46.1. The molecule has 0 radical (unpaired) electrons. The molecule has 0 spiro atoms. The van der Waals surface area contributed by atoms with Crippen molar-refractivity contribution in [2.24, 2.45) is 0 Å². The van der Waals surface area contributed by atoms with E-state index in [-0.39, 0.29) is 36.2 Å². The Balaban J connectivity index is 4.20. The minimum Gasteiger partial charge on any atom is -0.477 e. The predicted octanol–water partition coefficient (Wildman–Crippen LogP) is 15.4. The van der Waals surface area contributed by atoms with E-state index in [9.17, 15) is 19.5 Å². The fourth-order valence-corrected chi connectivity index (χ4v) is 7.99. The molecule has 0 aliphatic heterocycles. The van der Waals surface area contributed by atoms with Crippen molar-refractivity contribution in [3.8, 4) is 0 Å². The van der Waals surface area contributed by atoms with Crippen LogP contribution in [0.5, 0.6) is 0 Å². The van der Waals surface area contributed by atoms with Gasteiger partial charge in [0, 0.05) is 19.3 Å². The van der Waals surface area contributed by atoms with Gasteiger partial charge in [-0.1, -0.05) is 217 Å². The van der Waals surface area contributed by atoms with Crippen molar-refractivity contribution in [2.75, 3.05) is 41.0 Å². The fourth-order valence-electron chi connectivity index (χ4n) is 7.99. The molecule has 0 saturated carbocycles. The van der Waals surface area contributed by atoms with Crippen molar-refractivity contribution >= 4 is 17.9 Å². The molecule has 0 aliphatic carbocycles. The maximum atomic E-state index is 12.8. The summed E-state index contributed by atoms with van der Waals surface area (Å²) in [7, 11) is 5.54. The number of carbonyl (C=O) groups is 3. The zero-order valence-electron chi connectivity index (χ0n) is 42.0. The number of carboxylic acids is 1. The lowest BCUT2D eigenvalue weighted by atomic mass is 10.0. The Morgan fingerprint density at radius 3 is 1.32 bits per heavy atom. The van der Waals surface area contributed by atoms with Crippen LogP contribution in [0.25, 0.3) is 0 Å². The van der Waals surface area contributed by atoms with Gasteiger partial charge >= 0.3 is 17.9 Å². The summed E-state index contributed by atoms with van der Waals surface area (Å²) in [6, 6.07) is -0.614. The zero-order chi connectivity index (χ0) is 46.3. The van der Waals surface area contributed by atoms with E-state index in [1.165, 1.54) is 154 Å². The molecule has 8 heteroatoms. The minimum absolute atomic E-state index is 0.0503. The Morgan fingerprint density at radius 2 is 0.889 bits per heavy atom. The Bertz CT molecular complexity index is 1130. The number of carboxylic acid groups (broad SMARTS) is 1. The summed E-state index contributed by atoms with van der Waals surface area (Å²) in [5, 5.41) is 9.66. The van der Waals surface area contributed by atoms with Crippen LogP contribution in [0.2, 0.25) is 0 Å². The molecule has 2 unspecified atom stereocenters. The molecule has 0 rings (SSSR count). The molecule has 1 N–H and O–H groups in total. The minimum atomic E-state index is -0.873. The highest BCUT2D eigenvalue weighted by Crippen LogP contribution is 2.17. The van der Waals surface area contributed by atoms with E-state index in [4.69, 9.17) is 14.2 Å². The number of likely N-dealkylation sites (N-methyl/N-ethyl adjacent to an activating group) is 1. The SMILES string of the molecule is CC/C=C/C/C=C/C/C=C/CCCCCCCCCCCC(=O)OCC(COCCC(C(=O)O)[N+](C)(C)C)OC(=O)CCCCCCCCCCCCCCCCCCCCCC. The molecule has 0 aliphatic rings. The van der Waals surface area contributed by atoms with E-state index >= 15 is 0 Å². The van der Waals surface area contributed by atoms with Crippen LogP contribution < -0.4 is 0 Å². The third-order valence-corrected chi connectivity index (χ3v) is 12.1. The summed E-state index contributed by atoms with van der Waals surface area (Å²) >= 11 is 0. The van der Waals surface area contributed by atoms with Gasteiger partial charge in [-0.25, -0.2) is 4.79 Å². The van der Waals surface area contributed by atoms with Crippen LogP contribution in [-0.2, 0) is 28.6 Å².